The summed E-state index contributed by atoms with van der Waals surface area (Å²) in [5, 5.41) is 0. The zero-order chi connectivity index (χ0) is 10.3. The summed E-state index contributed by atoms with van der Waals surface area (Å²) in [7, 11) is 0. The number of nitrogens with two attached hydrogens (primary N) is 1. The maximum Gasteiger partial charge on any atom is 0.0234 e. The lowest BCUT2D eigenvalue weighted by molar-refractivity contribution is 0.274. The van der Waals surface area contributed by atoms with Crippen molar-refractivity contribution in [1.29, 1.82) is 0 Å². The second-order valence-corrected chi connectivity index (χ2v) is 5.12. The van der Waals surface area contributed by atoms with E-state index in [4.69, 9.17) is 5.73 Å². The van der Waals surface area contributed by atoms with Crippen LogP contribution in [0.3, 0.4) is 0 Å². The molecule has 1 aromatic rings. The SMILES string of the molecule is NC[C@@]12C[C@H]1CN(Cc1ccccc1)C2. The minimum atomic E-state index is 0.509. The molecule has 2 atom stereocenters. The fraction of sp³-hybridized carbons (Fsp3) is 0.538. The molecule has 80 valence electrons. The Morgan fingerprint density at radius 3 is 2.80 bits per heavy atom. The molecule has 3 rings (SSSR count). The second-order valence-electron chi connectivity index (χ2n) is 5.12. The first-order chi connectivity index (χ1) is 7.32. The molecule has 2 heteroatoms. The van der Waals surface area contributed by atoms with E-state index in [0.717, 1.165) is 19.0 Å². The number of hydrogen-bond acceptors (Lipinski definition) is 2. The second kappa shape index (κ2) is 3.32. The Labute approximate surface area is 91.1 Å². The van der Waals surface area contributed by atoms with Gasteiger partial charge in [0.25, 0.3) is 0 Å². The van der Waals surface area contributed by atoms with Crippen LogP contribution in [0.25, 0.3) is 0 Å². The van der Waals surface area contributed by atoms with E-state index in [1.54, 1.807) is 0 Å². The van der Waals surface area contributed by atoms with Crippen LogP contribution in [0.1, 0.15) is 12.0 Å². The minimum absolute atomic E-state index is 0.509. The van der Waals surface area contributed by atoms with Gasteiger partial charge < -0.3 is 5.73 Å². The third-order valence-corrected chi connectivity index (χ3v) is 4.03. The van der Waals surface area contributed by atoms with Crippen molar-refractivity contribution in [3.63, 3.8) is 0 Å². The number of hydrogen-bond donors (Lipinski definition) is 1. The Kier molecular flexibility index (Phi) is 2.08. The Bertz CT molecular complexity index is 345. The molecule has 0 bridgehead atoms. The van der Waals surface area contributed by atoms with Crippen LogP contribution in [0, 0.1) is 11.3 Å². The van der Waals surface area contributed by atoms with Crippen LogP contribution in [0.15, 0.2) is 30.3 Å². The number of fused-ring (bicyclic) bond motifs is 1. The first-order valence-electron chi connectivity index (χ1n) is 5.79. The van der Waals surface area contributed by atoms with E-state index in [2.05, 4.69) is 35.2 Å². The number of piperidine rings is 1. The lowest BCUT2D eigenvalue weighted by Gasteiger charge is -2.19. The van der Waals surface area contributed by atoms with Gasteiger partial charge in [-0.05, 0) is 29.9 Å². The molecule has 0 spiro atoms. The van der Waals surface area contributed by atoms with Gasteiger partial charge in [-0.15, -0.1) is 0 Å². The summed E-state index contributed by atoms with van der Waals surface area (Å²) in [6, 6.07) is 10.7. The highest BCUT2D eigenvalue weighted by molar-refractivity contribution is 5.17. The van der Waals surface area contributed by atoms with E-state index < -0.39 is 0 Å². The van der Waals surface area contributed by atoms with Gasteiger partial charge in [0.15, 0.2) is 0 Å². The molecule has 0 unspecified atom stereocenters. The summed E-state index contributed by atoms with van der Waals surface area (Å²) in [5.74, 6) is 0.895. The fourth-order valence-electron chi connectivity index (χ4n) is 2.98. The van der Waals surface area contributed by atoms with Gasteiger partial charge >= 0.3 is 0 Å². The summed E-state index contributed by atoms with van der Waals surface area (Å²) < 4.78 is 0. The summed E-state index contributed by atoms with van der Waals surface area (Å²) in [4.78, 5) is 2.55. The van der Waals surface area contributed by atoms with Gasteiger partial charge in [-0.25, -0.2) is 0 Å². The topological polar surface area (TPSA) is 29.3 Å². The van der Waals surface area contributed by atoms with Gasteiger partial charge in [0.1, 0.15) is 0 Å². The maximum absolute atomic E-state index is 5.84. The summed E-state index contributed by atoms with van der Waals surface area (Å²) in [6.45, 7) is 4.44. The molecule has 1 aliphatic heterocycles. The Morgan fingerprint density at radius 2 is 2.13 bits per heavy atom. The average Bonchev–Trinajstić information content (AvgIpc) is 2.84. The van der Waals surface area contributed by atoms with Crippen molar-refractivity contribution in [1.82, 2.24) is 4.90 Å². The van der Waals surface area contributed by atoms with Crippen LogP contribution in [0.4, 0.5) is 0 Å². The van der Waals surface area contributed by atoms with Crippen molar-refractivity contribution in [2.45, 2.75) is 13.0 Å². The predicted molar refractivity (Wildman–Crippen MR) is 61.3 cm³/mol. The molecule has 15 heavy (non-hydrogen) atoms. The molecule has 1 aromatic carbocycles. The largest absolute Gasteiger partial charge is 0.330 e. The third kappa shape index (κ3) is 1.58. The van der Waals surface area contributed by atoms with Gasteiger partial charge in [-0.2, -0.15) is 0 Å². The van der Waals surface area contributed by atoms with Gasteiger partial charge in [0.2, 0.25) is 0 Å². The highest BCUT2D eigenvalue weighted by Crippen LogP contribution is 2.57. The monoisotopic (exact) mass is 202 g/mol. The van der Waals surface area contributed by atoms with E-state index in [0.29, 0.717) is 5.41 Å². The first kappa shape index (κ1) is 9.37. The molecule has 1 heterocycles. The van der Waals surface area contributed by atoms with Gasteiger partial charge in [0.05, 0.1) is 0 Å². The lowest BCUT2D eigenvalue weighted by atomic mass is 10.1. The normalized spacial score (nSPS) is 34.1. The van der Waals surface area contributed by atoms with E-state index in [-0.39, 0.29) is 0 Å². The first-order valence-corrected chi connectivity index (χ1v) is 5.79. The zero-order valence-corrected chi connectivity index (χ0v) is 9.02. The van der Waals surface area contributed by atoms with Crippen LogP contribution in [0.2, 0.25) is 0 Å². The predicted octanol–water partition coefficient (Wildman–Crippen LogP) is 1.47. The lowest BCUT2D eigenvalue weighted by Crippen LogP contribution is -2.27. The number of likely N-dealkylation sites (tertiary alicyclic amines) is 1. The third-order valence-electron chi connectivity index (χ3n) is 4.03. The smallest absolute Gasteiger partial charge is 0.0234 e. The maximum atomic E-state index is 5.84. The molecule has 0 aromatic heterocycles. The van der Waals surface area contributed by atoms with E-state index in [9.17, 15) is 0 Å². The molecule has 0 amide bonds. The molecule has 1 saturated carbocycles. The van der Waals surface area contributed by atoms with Crippen molar-refractivity contribution in [3.8, 4) is 0 Å². The van der Waals surface area contributed by atoms with Crippen molar-refractivity contribution >= 4 is 0 Å². The zero-order valence-electron chi connectivity index (χ0n) is 9.02. The van der Waals surface area contributed by atoms with E-state index >= 15 is 0 Å². The van der Waals surface area contributed by atoms with Crippen molar-refractivity contribution in [2.24, 2.45) is 17.1 Å². The summed E-state index contributed by atoms with van der Waals surface area (Å²) in [6.07, 6.45) is 1.37. The van der Waals surface area contributed by atoms with Crippen molar-refractivity contribution < 1.29 is 0 Å². The highest BCUT2D eigenvalue weighted by atomic mass is 15.2. The quantitative estimate of drug-likeness (QED) is 0.804. The van der Waals surface area contributed by atoms with Gasteiger partial charge in [-0.3, -0.25) is 4.90 Å². The summed E-state index contributed by atoms with van der Waals surface area (Å²) >= 11 is 0. The number of rotatable bonds is 3. The van der Waals surface area contributed by atoms with Crippen LogP contribution in [0.5, 0.6) is 0 Å². The molecule has 2 N–H and O–H groups in total. The molecular formula is C13H18N2. The van der Waals surface area contributed by atoms with Gasteiger partial charge in [0, 0.05) is 19.6 Å². The standard InChI is InChI=1S/C13H18N2/c14-9-13-6-12(13)8-15(10-13)7-11-4-2-1-3-5-11/h1-5,12H,6-10,14H2/t12-,13+/m0/s1. The van der Waals surface area contributed by atoms with Crippen LogP contribution in [-0.4, -0.2) is 24.5 Å². The van der Waals surface area contributed by atoms with Crippen LogP contribution in [-0.2, 0) is 6.54 Å². The number of nitrogens with zero attached hydrogens (tertiary/aromatic N) is 1. The molecule has 2 aliphatic rings. The van der Waals surface area contributed by atoms with E-state index in [1.165, 1.54) is 25.1 Å². The molecule has 2 nitrogen and oxygen atoms in total. The van der Waals surface area contributed by atoms with E-state index in [1.807, 2.05) is 0 Å². The average molecular weight is 202 g/mol. The summed E-state index contributed by atoms with van der Waals surface area (Å²) in [5.41, 5.74) is 7.77. The minimum Gasteiger partial charge on any atom is -0.330 e. The Hall–Kier alpha value is -0.860. The molecule has 2 fully saturated rings. The molecular weight excluding hydrogens is 184 g/mol. The Balaban J connectivity index is 1.63. The highest BCUT2D eigenvalue weighted by Gasteiger charge is 2.58. The van der Waals surface area contributed by atoms with Gasteiger partial charge in [-0.1, -0.05) is 30.3 Å². The molecule has 1 saturated heterocycles. The molecule has 1 aliphatic carbocycles. The van der Waals surface area contributed by atoms with Crippen LogP contribution < -0.4 is 5.73 Å². The van der Waals surface area contributed by atoms with Crippen molar-refractivity contribution in [3.05, 3.63) is 35.9 Å². The van der Waals surface area contributed by atoms with Crippen molar-refractivity contribution in [2.75, 3.05) is 19.6 Å². The fourth-order valence-corrected chi connectivity index (χ4v) is 2.98. The number of benzene rings is 1. The van der Waals surface area contributed by atoms with Crippen LogP contribution >= 0.6 is 0 Å². The Morgan fingerprint density at radius 1 is 1.33 bits per heavy atom. The molecule has 0 radical (unpaired) electrons.